The molecule has 0 radical (unpaired) electrons. The number of pyridine rings is 1. The minimum atomic E-state index is -1.11. The van der Waals surface area contributed by atoms with E-state index in [-0.39, 0.29) is 17.6 Å². The van der Waals surface area contributed by atoms with Crippen molar-refractivity contribution in [3.63, 3.8) is 0 Å². The van der Waals surface area contributed by atoms with Gasteiger partial charge in [-0.05, 0) is 56.2 Å². The number of aromatic nitrogens is 1. The van der Waals surface area contributed by atoms with Crippen molar-refractivity contribution in [2.75, 3.05) is 6.54 Å². The molecule has 2 aromatic rings. The zero-order valence-electron chi connectivity index (χ0n) is 14.8. The largest absolute Gasteiger partial charge is 0.477 e. The van der Waals surface area contributed by atoms with Gasteiger partial charge in [-0.15, -0.1) is 0 Å². The molecule has 0 saturated carbocycles. The van der Waals surface area contributed by atoms with Gasteiger partial charge in [0.2, 0.25) is 0 Å². The minimum Gasteiger partial charge on any atom is -0.477 e. The number of carboxylic acids is 1. The number of aromatic carboxylic acids is 1. The summed E-state index contributed by atoms with van der Waals surface area (Å²) in [5, 5.41) is 9.09. The quantitative estimate of drug-likeness (QED) is 0.858. The number of piperidine rings is 1. The number of rotatable bonds is 6. The second-order valence-corrected chi connectivity index (χ2v) is 6.76. The van der Waals surface area contributed by atoms with Crippen LogP contribution in [0.2, 0.25) is 0 Å². The molecule has 0 bridgehead atoms. The zero-order chi connectivity index (χ0) is 18.4. The zero-order valence-corrected chi connectivity index (χ0v) is 14.8. The smallest absolute Gasteiger partial charge is 0.354 e. The van der Waals surface area contributed by atoms with E-state index >= 15 is 0 Å². The fraction of sp³-hybridized carbons (Fsp3) is 0.381. The summed E-state index contributed by atoms with van der Waals surface area (Å²) in [6, 6.07) is 13.6. The number of aryl methyl sites for hydroxylation is 1. The lowest BCUT2D eigenvalue weighted by Gasteiger charge is -2.36. The fourth-order valence-electron chi connectivity index (χ4n) is 3.60. The molecule has 3 rings (SSSR count). The Balaban J connectivity index is 1.65. The van der Waals surface area contributed by atoms with Crippen molar-refractivity contribution < 1.29 is 14.7 Å². The van der Waals surface area contributed by atoms with Crippen LogP contribution < -0.4 is 0 Å². The van der Waals surface area contributed by atoms with Crippen molar-refractivity contribution in [1.29, 1.82) is 0 Å². The topological polar surface area (TPSA) is 70.5 Å². The van der Waals surface area contributed by atoms with Crippen molar-refractivity contribution in [2.24, 2.45) is 0 Å². The molecule has 0 aliphatic carbocycles. The summed E-state index contributed by atoms with van der Waals surface area (Å²) in [7, 11) is 0. The Morgan fingerprint density at radius 2 is 1.96 bits per heavy atom. The average molecular weight is 352 g/mol. The molecule has 2 heterocycles. The van der Waals surface area contributed by atoms with E-state index in [1.807, 2.05) is 11.0 Å². The normalized spacial score (nSPS) is 17.1. The SMILES string of the molecule is O=C(O)c1cc(C(=O)N2CCCC[C@@H]2CCCc2ccccc2)ccn1. The minimum absolute atomic E-state index is 0.0840. The monoisotopic (exact) mass is 352 g/mol. The summed E-state index contributed by atoms with van der Waals surface area (Å²) in [6.07, 6.45) is 7.56. The van der Waals surface area contributed by atoms with Gasteiger partial charge in [0.25, 0.3) is 5.91 Å². The molecule has 26 heavy (non-hydrogen) atoms. The Bertz CT molecular complexity index is 761. The molecule has 1 aliphatic rings. The lowest BCUT2D eigenvalue weighted by atomic mass is 9.95. The van der Waals surface area contributed by atoms with Crippen LogP contribution in [0.15, 0.2) is 48.7 Å². The van der Waals surface area contributed by atoms with Crippen LogP contribution in [0, 0.1) is 0 Å². The number of amides is 1. The highest BCUT2D eigenvalue weighted by atomic mass is 16.4. The Morgan fingerprint density at radius 1 is 1.15 bits per heavy atom. The van der Waals surface area contributed by atoms with E-state index in [0.717, 1.165) is 45.1 Å². The van der Waals surface area contributed by atoms with E-state index in [2.05, 4.69) is 29.2 Å². The van der Waals surface area contributed by atoms with Crippen LogP contribution in [0.1, 0.15) is 58.5 Å². The van der Waals surface area contributed by atoms with Gasteiger partial charge in [-0.2, -0.15) is 0 Å². The standard InChI is InChI=1S/C21H24N2O3/c24-20(17-12-13-22-19(15-17)21(25)26)23-14-5-4-10-18(23)11-6-9-16-7-2-1-3-8-16/h1-3,7-8,12-13,15,18H,4-6,9-11,14H2,(H,25,26)/t18-/m1/s1. The van der Waals surface area contributed by atoms with Crippen LogP contribution in [0.25, 0.3) is 0 Å². The maximum Gasteiger partial charge on any atom is 0.354 e. The van der Waals surface area contributed by atoms with Crippen LogP contribution in [0.4, 0.5) is 0 Å². The van der Waals surface area contributed by atoms with Crippen molar-refractivity contribution >= 4 is 11.9 Å². The van der Waals surface area contributed by atoms with Crippen molar-refractivity contribution in [1.82, 2.24) is 9.88 Å². The predicted molar refractivity (Wildman–Crippen MR) is 99.3 cm³/mol. The van der Waals surface area contributed by atoms with E-state index in [9.17, 15) is 9.59 Å². The molecule has 1 aromatic heterocycles. The number of carbonyl (C=O) groups excluding carboxylic acids is 1. The highest BCUT2D eigenvalue weighted by Gasteiger charge is 2.27. The lowest BCUT2D eigenvalue weighted by molar-refractivity contribution is 0.0599. The third kappa shape index (κ3) is 4.48. The first-order valence-electron chi connectivity index (χ1n) is 9.19. The Morgan fingerprint density at radius 3 is 2.73 bits per heavy atom. The Hall–Kier alpha value is -2.69. The van der Waals surface area contributed by atoms with Crippen LogP contribution >= 0.6 is 0 Å². The van der Waals surface area contributed by atoms with E-state index < -0.39 is 5.97 Å². The van der Waals surface area contributed by atoms with Gasteiger partial charge < -0.3 is 10.0 Å². The van der Waals surface area contributed by atoms with Crippen molar-refractivity contribution in [3.8, 4) is 0 Å². The van der Waals surface area contributed by atoms with Crippen molar-refractivity contribution in [3.05, 3.63) is 65.5 Å². The molecule has 1 aromatic carbocycles. The summed E-state index contributed by atoms with van der Waals surface area (Å²) in [4.78, 5) is 29.8. The molecular weight excluding hydrogens is 328 g/mol. The van der Waals surface area contributed by atoms with E-state index in [0.29, 0.717) is 5.56 Å². The molecule has 136 valence electrons. The predicted octanol–water partition coefficient (Wildman–Crippen LogP) is 3.80. The molecule has 5 nitrogen and oxygen atoms in total. The average Bonchev–Trinajstić information content (AvgIpc) is 2.69. The fourth-order valence-corrected chi connectivity index (χ4v) is 3.60. The Labute approximate surface area is 153 Å². The first-order chi connectivity index (χ1) is 12.6. The molecule has 5 heteroatoms. The second-order valence-electron chi connectivity index (χ2n) is 6.76. The molecule has 1 N–H and O–H groups in total. The third-order valence-corrected chi connectivity index (χ3v) is 4.96. The maximum atomic E-state index is 12.9. The van der Waals surface area contributed by atoms with Gasteiger partial charge in [-0.3, -0.25) is 4.79 Å². The number of nitrogens with zero attached hydrogens (tertiary/aromatic N) is 2. The summed E-state index contributed by atoms with van der Waals surface area (Å²) < 4.78 is 0. The lowest BCUT2D eigenvalue weighted by Crippen LogP contribution is -2.43. The molecule has 1 aliphatic heterocycles. The summed E-state index contributed by atoms with van der Waals surface area (Å²) >= 11 is 0. The van der Waals surface area contributed by atoms with Gasteiger partial charge in [0.15, 0.2) is 0 Å². The Kier molecular flexibility index (Phi) is 6.00. The second kappa shape index (κ2) is 8.61. The molecular formula is C21H24N2O3. The number of hydrogen-bond acceptors (Lipinski definition) is 3. The van der Waals surface area contributed by atoms with Gasteiger partial charge in [0.1, 0.15) is 5.69 Å². The number of carboxylic acid groups (broad SMARTS) is 1. The molecule has 0 spiro atoms. The summed E-state index contributed by atoms with van der Waals surface area (Å²) in [5.41, 5.74) is 1.64. The van der Waals surface area contributed by atoms with Gasteiger partial charge in [0, 0.05) is 24.3 Å². The maximum absolute atomic E-state index is 12.9. The third-order valence-electron chi connectivity index (χ3n) is 4.96. The molecule has 1 saturated heterocycles. The van der Waals surface area contributed by atoms with Crippen molar-refractivity contribution in [2.45, 2.75) is 44.6 Å². The highest BCUT2D eigenvalue weighted by molar-refractivity contribution is 5.96. The first-order valence-corrected chi connectivity index (χ1v) is 9.19. The number of carbonyl (C=O) groups is 2. The van der Waals surface area contributed by atoms with Gasteiger partial charge >= 0.3 is 5.97 Å². The van der Waals surface area contributed by atoms with Crippen LogP contribution in [-0.4, -0.2) is 39.5 Å². The van der Waals surface area contributed by atoms with E-state index in [1.165, 1.54) is 17.8 Å². The number of hydrogen-bond donors (Lipinski definition) is 1. The van der Waals surface area contributed by atoms with E-state index in [1.54, 1.807) is 6.07 Å². The molecule has 1 amide bonds. The molecule has 0 unspecified atom stereocenters. The number of likely N-dealkylation sites (tertiary alicyclic amines) is 1. The van der Waals surface area contributed by atoms with Crippen LogP contribution in [0.5, 0.6) is 0 Å². The van der Waals surface area contributed by atoms with Gasteiger partial charge in [-0.1, -0.05) is 30.3 Å². The van der Waals surface area contributed by atoms with Gasteiger partial charge in [-0.25, -0.2) is 9.78 Å². The first kappa shape index (κ1) is 18.1. The summed E-state index contributed by atoms with van der Waals surface area (Å²) in [5.74, 6) is -1.20. The van der Waals surface area contributed by atoms with Gasteiger partial charge in [0.05, 0.1) is 0 Å². The van der Waals surface area contributed by atoms with Crippen LogP contribution in [0.3, 0.4) is 0 Å². The van der Waals surface area contributed by atoms with E-state index in [4.69, 9.17) is 5.11 Å². The molecule has 1 atom stereocenters. The highest BCUT2D eigenvalue weighted by Crippen LogP contribution is 2.24. The number of benzene rings is 1. The summed E-state index contributed by atoms with van der Waals surface area (Å²) in [6.45, 7) is 0.736. The van der Waals surface area contributed by atoms with Crippen LogP contribution in [-0.2, 0) is 6.42 Å². The molecule has 1 fully saturated rings.